The third-order valence-corrected chi connectivity index (χ3v) is 5.20. The van der Waals surface area contributed by atoms with Crippen LogP contribution in [0.4, 0.5) is 5.69 Å². The number of anilines is 1. The third-order valence-electron chi connectivity index (χ3n) is 4.41. The molecular weight excluding hydrogens is 386 g/mol. The molecule has 0 amide bonds. The van der Waals surface area contributed by atoms with Crippen LogP contribution in [0, 0.1) is 0 Å². The molecule has 4 rings (SSSR count). The second kappa shape index (κ2) is 6.94. The number of aryl methyl sites for hydroxylation is 1. The summed E-state index contributed by atoms with van der Waals surface area (Å²) in [6.45, 7) is 0.850. The van der Waals surface area contributed by atoms with E-state index in [4.69, 9.17) is 16.7 Å². The Morgan fingerprint density at radius 1 is 1.22 bits per heavy atom. The predicted octanol–water partition coefficient (Wildman–Crippen LogP) is 3.37. The molecule has 0 aliphatic carbocycles. The van der Waals surface area contributed by atoms with Gasteiger partial charge in [-0.3, -0.25) is 9.40 Å². The van der Waals surface area contributed by atoms with Crippen molar-refractivity contribution in [2.75, 3.05) is 11.0 Å². The van der Waals surface area contributed by atoms with Crippen LogP contribution >= 0.6 is 11.6 Å². The molecule has 1 N–H and O–H groups in total. The molecule has 3 heterocycles. The highest BCUT2D eigenvalue weighted by Gasteiger charge is 2.24. The SMILES string of the molecule is CS(=O)(=O)Nc1cccc(-c2nn3c(c2-c2ccnc(Cl)n2)CCCC3)c1. The molecule has 0 saturated heterocycles. The van der Waals surface area contributed by atoms with Gasteiger partial charge in [-0.1, -0.05) is 12.1 Å². The van der Waals surface area contributed by atoms with Gasteiger partial charge in [0.25, 0.3) is 0 Å². The van der Waals surface area contributed by atoms with Gasteiger partial charge in [-0.25, -0.2) is 18.4 Å². The van der Waals surface area contributed by atoms with E-state index in [1.807, 2.05) is 16.8 Å². The third kappa shape index (κ3) is 3.81. The normalized spacial score (nSPS) is 14.0. The van der Waals surface area contributed by atoms with Gasteiger partial charge in [0.1, 0.15) is 5.69 Å². The topological polar surface area (TPSA) is 89.8 Å². The largest absolute Gasteiger partial charge is 0.284 e. The molecular formula is C18H18ClN5O2S. The zero-order valence-corrected chi connectivity index (χ0v) is 16.3. The van der Waals surface area contributed by atoms with Gasteiger partial charge in [0.2, 0.25) is 15.3 Å². The van der Waals surface area contributed by atoms with Gasteiger partial charge in [-0.05, 0) is 49.1 Å². The number of halogens is 1. The van der Waals surface area contributed by atoms with Gasteiger partial charge in [-0.2, -0.15) is 5.10 Å². The molecule has 1 aliphatic rings. The summed E-state index contributed by atoms with van der Waals surface area (Å²) < 4.78 is 27.7. The zero-order chi connectivity index (χ0) is 19.0. The highest BCUT2D eigenvalue weighted by molar-refractivity contribution is 7.92. The minimum atomic E-state index is -3.36. The summed E-state index contributed by atoms with van der Waals surface area (Å²) in [6, 6.07) is 9.02. The number of nitrogens with zero attached hydrogens (tertiary/aromatic N) is 4. The van der Waals surface area contributed by atoms with E-state index in [9.17, 15) is 8.42 Å². The Morgan fingerprint density at radius 2 is 2.07 bits per heavy atom. The average Bonchev–Trinajstić information content (AvgIpc) is 3.00. The Balaban J connectivity index is 1.88. The van der Waals surface area contributed by atoms with Gasteiger partial charge in [0, 0.05) is 35.2 Å². The van der Waals surface area contributed by atoms with Gasteiger partial charge < -0.3 is 0 Å². The number of aromatic nitrogens is 4. The van der Waals surface area contributed by atoms with Crippen LogP contribution in [-0.4, -0.2) is 34.4 Å². The van der Waals surface area contributed by atoms with Crippen LogP contribution in [0.5, 0.6) is 0 Å². The van der Waals surface area contributed by atoms with Crippen LogP contribution in [0.1, 0.15) is 18.5 Å². The summed E-state index contributed by atoms with van der Waals surface area (Å²) >= 11 is 6.02. The molecule has 9 heteroatoms. The second-order valence-electron chi connectivity index (χ2n) is 6.52. The second-order valence-corrected chi connectivity index (χ2v) is 8.60. The van der Waals surface area contributed by atoms with E-state index in [0.717, 1.165) is 60.3 Å². The van der Waals surface area contributed by atoms with Crippen LogP contribution in [0.2, 0.25) is 5.28 Å². The summed E-state index contributed by atoms with van der Waals surface area (Å²) in [7, 11) is -3.36. The minimum Gasteiger partial charge on any atom is -0.284 e. The highest BCUT2D eigenvalue weighted by Crippen LogP contribution is 2.37. The Labute approximate surface area is 162 Å². The van der Waals surface area contributed by atoms with E-state index in [1.54, 1.807) is 24.4 Å². The van der Waals surface area contributed by atoms with Crippen LogP contribution < -0.4 is 4.72 Å². The smallest absolute Gasteiger partial charge is 0.229 e. The molecule has 27 heavy (non-hydrogen) atoms. The summed E-state index contributed by atoms with van der Waals surface area (Å²) in [5.74, 6) is 0. The Bertz CT molecular complexity index is 1110. The lowest BCUT2D eigenvalue weighted by atomic mass is 9.99. The fraction of sp³-hybridized carbons (Fsp3) is 0.278. The lowest BCUT2D eigenvalue weighted by molar-refractivity contribution is 0.487. The first-order valence-electron chi connectivity index (χ1n) is 8.57. The van der Waals surface area contributed by atoms with E-state index in [-0.39, 0.29) is 5.28 Å². The molecule has 0 fully saturated rings. The maximum atomic E-state index is 11.6. The summed E-state index contributed by atoms with van der Waals surface area (Å²) in [5.41, 5.74) is 4.83. The number of nitrogens with one attached hydrogen (secondary N) is 1. The molecule has 1 aliphatic heterocycles. The number of fused-ring (bicyclic) bond motifs is 1. The van der Waals surface area contributed by atoms with Crippen LogP contribution in [0.3, 0.4) is 0 Å². The van der Waals surface area contributed by atoms with E-state index >= 15 is 0 Å². The van der Waals surface area contributed by atoms with Crippen molar-refractivity contribution in [3.05, 3.63) is 47.5 Å². The Hall–Kier alpha value is -2.45. The molecule has 0 saturated carbocycles. The van der Waals surface area contributed by atoms with Gasteiger partial charge in [0.05, 0.1) is 11.9 Å². The van der Waals surface area contributed by atoms with Gasteiger partial charge in [-0.15, -0.1) is 0 Å². The maximum absolute atomic E-state index is 11.6. The Morgan fingerprint density at radius 3 is 2.85 bits per heavy atom. The zero-order valence-electron chi connectivity index (χ0n) is 14.7. The van der Waals surface area contributed by atoms with Crippen molar-refractivity contribution >= 4 is 27.3 Å². The standard InChI is InChI=1S/C18H18ClN5O2S/c1-27(25,26)23-13-6-4-5-12(11-13)17-16(14-8-9-20-18(19)21-14)15-7-2-3-10-24(15)22-17/h4-6,8-9,11,23H,2-3,7,10H2,1H3. The van der Waals surface area contributed by atoms with Gasteiger partial charge in [0.15, 0.2) is 0 Å². The molecule has 0 bridgehead atoms. The molecule has 1 aromatic carbocycles. The fourth-order valence-electron chi connectivity index (χ4n) is 3.38. The quantitative estimate of drug-likeness (QED) is 0.674. The molecule has 3 aromatic rings. The molecule has 2 aromatic heterocycles. The molecule has 140 valence electrons. The summed E-state index contributed by atoms with van der Waals surface area (Å²) in [5, 5.41) is 4.98. The molecule has 0 atom stereocenters. The first-order chi connectivity index (χ1) is 12.9. The number of rotatable bonds is 4. The highest BCUT2D eigenvalue weighted by atomic mass is 35.5. The van der Waals surface area contributed by atoms with Crippen LogP contribution in [-0.2, 0) is 23.0 Å². The summed E-state index contributed by atoms with van der Waals surface area (Å²) in [4.78, 5) is 8.35. The number of sulfonamides is 1. The Kier molecular flexibility index (Phi) is 4.61. The van der Waals surface area contributed by atoms with Crippen LogP contribution in [0.15, 0.2) is 36.5 Å². The summed E-state index contributed by atoms with van der Waals surface area (Å²) in [6.07, 6.45) is 5.83. The van der Waals surface area contributed by atoms with Crippen molar-refractivity contribution in [3.8, 4) is 22.5 Å². The lowest BCUT2D eigenvalue weighted by Gasteiger charge is -2.14. The number of hydrogen-bond acceptors (Lipinski definition) is 5. The maximum Gasteiger partial charge on any atom is 0.229 e. The van der Waals surface area contributed by atoms with E-state index in [2.05, 4.69) is 14.7 Å². The average molecular weight is 404 g/mol. The van der Waals surface area contributed by atoms with E-state index in [1.165, 1.54) is 0 Å². The molecule has 0 unspecified atom stereocenters. The van der Waals surface area contributed by atoms with E-state index in [0.29, 0.717) is 5.69 Å². The molecule has 0 radical (unpaired) electrons. The molecule has 0 spiro atoms. The lowest BCUT2D eigenvalue weighted by Crippen LogP contribution is -2.11. The van der Waals surface area contributed by atoms with Crippen molar-refractivity contribution in [2.24, 2.45) is 0 Å². The van der Waals surface area contributed by atoms with Crippen molar-refractivity contribution < 1.29 is 8.42 Å². The first-order valence-corrected chi connectivity index (χ1v) is 10.8. The van der Waals surface area contributed by atoms with Crippen molar-refractivity contribution in [1.82, 2.24) is 19.7 Å². The van der Waals surface area contributed by atoms with Crippen LogP contribution in [0.25, 0.3) is 22.5 Å². The van der Waals surface area contributed by atoms with Crippen molar-refractivity contribution in [2.45, 2.75) is 25.8 Å². The minimum absolute atomic E-state index is 0.182. The van der Waals surface area contributed by atoms with Crippen molar-refractivity contribution in [1.29, 1.82) is 0 Å². The number of hydrogen-bond donors (Lipinski definition) is 1. The fourth-order valence-corrected chi connectivity index (χ4v) is 4.08. The molecule has 7 nitrogen and oxygen atoms in total. The first kappa shape index (κ1) is 17.9. The predicted molar refractivity (Wildman–Crippen MR) is 105 cm³/mol. The van der Waals surface area contributed by atoms with Crippen molar-refractivity contribution in [3.63, 3.8) is 0 Å². The number of benzene rings is 1. The monoisotopic (exact) mass is 403 g/mol. The van der Waals surface area contributed by atoms with E-state index < -0.39 is 10.0 Å². The van der Waals surface area contributed by atoms with Gasteiger partial charge >= 0.3 is 0 Å².